The molecule has 3 atom stereocenters. The van der Waals surface area contributed by atoms with Crippen LogP contribution in [0.3, 0.4) is 0 Å². The van der Waals surface area contributed by atoms with E-state index in [1.807, 2.05) is 6.92 Å². The van der Waals surface area contributed by atoms with Crippen molar-refractivity contribution in [3.05, 3.63) is 63.9 Å². The van der Waals surface area contributed by atoms with E-state index in [2.05, 4.69) is 41.3 Å². The van der Waals surface area contributed by atoms with Gasteiger partial charge >= 0.3 is 6.18 Å². The largest absolute Gasteiger partial charge is 0.418 e. The Kier molecular flexibility index (Phi) is 7.10. The first kappa shape index (κ1) is 29.9. The third-order valence-electron chi connectivity index (χ3n) is 8.41. The van der Waals surface area contributed by atoms with E-state index in [9.17, 15) is 27.6 Å². The van der Waals surface area contributed by atoms with Crippen LogP contribution in [0, 0.1) is 19.3 Å². The molecule has 0 spiro atoms. The number of hydrogen-bond donors (Lipinski definition) is 1. The van der Waals surface area contributed by atoms with Crippen LogP contribution in [0.1, 0.15) is 54.1 Å². The number of carbonyl (C=O) groups is 3. The number of alkyl halides is 3. The zero-order valence-electron chi connectivity index (χ0n) is 24.2. The van der Waals surface area contributed by atoms with Gasteiger partial charge < -0.3 is 10.2 Å². The van der Waals surface area contributed by atoms with Crippen molar-refractivity contribution in [3.63, 3.8) is 0 Å². The highest BCUT2D eigenvalue weighted by atomic mass is 79.9. The molecule has 1 saturated carbocycles. The molecule has 6 rings (SSSR count). The molecule has 1 aromatic carbocycles. The Hall–Kier alpha value is -4.20. The summed E-state index contributed by atoms with van der Waals surface area (Å²) in [5.41, 5.74) is -0.680. The summed E-state index contributed by atoms with van der Waals surface area (Å²) in [4.78, 5) is 54.1. The molecule has 44 heavy (non-hydrogen) atoms. The lowest BCUT2D eigenvalue weighted by molar-refractivity contribution is -0.138. The second-order valence-corrected chi connectivity index (χ2v) is 12.5. The van der Waals surface area contributed by atoms with Crippen molar-refractivity contribution in [2.75, 3.05) is 5.32 Å². The molecule has 14 heteroatoms. The molecule has 3 aromatic heterocycles. The number of ketones is 1. The lowest BCUT2D eigenvalue weighted by Gasteiger charge is -2.27. The molecule has 0 unspecified atom stereocenters. The van der Waals surface area contributed by atoms with E-state index in [0.717, 1.165) is 16.3 Å². The predicted octanol–water partition coefficient (Wildman–Crippen LogP) is 5.51. The summed E-state index contributed by atoms with van der Waals surface area (Å²) in [6, 6.07) is 4.87. The number of aryl methyl sites for hydroxylation is 2. The second kappa shape index (κ2) is 10.5. The van der Waals surface area contributed by atoms with Gasteiger partial charge in [0.2, 0.25) is 11.8 Å². The standard InChI is InChI=1S/C30H27BrF3N7O3/c1-14-5-6-23(31)37-27(14)38-28(44)21-9-29(4)10-22(29)41(21)24(43)13-40-26(15(2)42)19-7-17(18-11-35-16(3)36-12-18)8-20(25(19)39-40)30(32,33)34/h5-8,11-12,21-22H,9-10,13H2,1-4H3,(H,37,38,44)/t21-,22+,29-/m0/s1. The Labute approximate surface area is 258 Å². The number of benzene rings is 1. The SMILES string of the molecule is CC(=O)c1c2cc(-c3cnc(C)nc3)cc(C(F)(F)F)c2nn1CC(=O)N1[C@H](C(=O)Nc2nc(Br)ccc2C)C[C@@]2(C)C[C@@H]12. The summed E-state index contributed by atoms with van der Waals surface area (Å²) in [6.45, 7) is 6.13. The topological polar surface area (TPSA) is 123 Å². The molecule has 228 valence electrons. The molecule has 4 heterocycles. The van der Waals surface area contributed by atoms with Crippen LogP contribution in [-0.2, 0) is 22.3 Å². The molecule has 2 amide bonds. The number of anilines is 1. The minimum Gasteiger partial charge on any atom is -0.325 e. The maximum absolute atomic E-state index is 14.3. The second-order valence-electron chi connectivity index (χ2n) is 11.7. The van der Waals surface area contributed by atoms with Gasteiger partial charge in [0, 0.05) is 36.3 Å². The van der Waals surface area contributed by atoms with E-state index in [1.165, 1.54) is 30.3 Å². The summed E-state index contributed by atoms with van der Waals surface area (Å²) in [7, 11) is 0. The fourth-order valence-corrected chi connectivity index (χ4v) is 6.35. The van der Waals surface area contributed by atoms with E-state index >= 15 is 0 Å². The molecule has 2 fully saturated rings. The van der Waals surface area contributed by atoms with Crippen molar-refractivity contribution >= 4 is 50.2 Å². The number of pyridine rings is 1. The lowest BCUT2D eigenvalue weighted by atomic mass is 10.00. The number of likely N-dealkylation sites (tertiary alicyclic amines) is 1. The van der Waals surface area contributed by atoms with E-state index in [4.69, 9.17) is 0 Å². The number of aromatic nitrogens is 5. The Morgan fingerprint density at radius 1 is 1.09 bits per heavy atom. The smallest absolute Gasteiger partial charge is 0.325 e. The van der Waals surface area contributed by atoms with E-state index < -0.39 is 47.4 Å². The van der Waals surface area contributed by atoms with Gasteiger partial charge in [-0.05, 0) is 77.4 Å². The Balaban J connectivity index is 1.37. The van der Waals surface area contributed by atoms with Gasteiger partial charge in [-0.2, -0.15) is 18.3 Å². The highest BCUT2D eigenvalue weighted by Gasteiger charge is 2.64. The van der Waals surface area contributed by atoms with Gasteiger partial charge in [-0.1, -0.05) is 13.0 Å². The van der Waals surface area contributed by atoms with E-state index in [1.54, 1.807) is 26.0 Å². The normalized spacial score (nSPS) is 21.0. The molecule has 2 aliphatic rings. The monoisotopic (exact) mass is 669 g/mol. The predicted molar refractivity (Wildman–Crippen MR) is 158 cm³/mol. The third-order valence-corrected chi connectivity index (χ3v) is 8.85. The molecule has 1 aliphatic carbocycles. The van der Waals surface area contributed by atoms with Crippen molar-refractivity contribution in [3.8, 4) is 11.1 Å². The van der Waals surface area contributed by atoms with Crippen LogP contribution >= 0.6 is 15.9 Å². The van der Waals surface area contributed by atoms with Gasteiger partial charge in [0.25, 0.3) is 0 Å². The zero-order chi connectivity index (χ0) is 31.7. The van der Waals surface area contributed by atoms with Gasteiger partial charge in [0.1, 0.15) is 40.0 Å². The zero-order valence-corrected chi connectivity index (χ0v) is 25.7. The first-order valence-corrected chi connectivity index (χ1v) is 14.6. The number of amides is 2. The molecule has 1 aliphatic heterocycles. The number of fused-ring (bicyclic) bond motifs is 2. The number of halogens is 4. The van der Waals surface area contributed by atoms with Crippen LogP contribution in [0.15, 0.2) is 41.3 Å². The molecular formula is C30H27BrF3N7O3. The number of nitrogens with zero attached hydrogens (tertiary/aromatic N) is 6. The first-order chi connectivity index (χ1) is 20.7. The highest BCUT2D eigenvalue weighted by Crippen LogP contribution is 2.59. The van der Waals surface area contributed by atoms with Crippen LogP contribution in [0.25, 0.3) is 22.0 Å². The number of piperidine rings is 1. The number of nitrogens with one attached hydrogen (secondary N) is 1. The number of hydrogen-bond acceptors (Lipinski definition) is 7. The van der Waals surface area contributed by atoms with Crippen LogP contribution in [0.5, 0.6) is 0 Å². The van der Waals surface area contributed by atoms with Gasteiger partial charge in [0.05, 0.1) is 5.56 Å². The van der Waals surface area contributed by atoms with Crippen molar-refractivity contribution in [2.24, 2.45) is 5.41 Å². The fraction of sp³-hybridized carbons (Fsp3) is 0.367. The van der Waals surface area contributed by atoms with Crippen molar-refractivity contribution in [1.29, 1.82) is 0 Å². The van der Waals surface area contributed by atoms with Gasteiger partial charge in [-0.3, -0.25) is 19.1 Å². The average Bonchev–Trinajstić information content (AvgIpc) is 3.30. The quantitative estimate of drug-likeness (QED) is 0.212. The third kappa shape index (κ3) is 5.24. The average molecular weight is 670 g/mol. The maximum Gasteiger partial charge on any atom is 0.418 e. The summed E-state index contributed by atoms with van der Waals surface area (Å²) < 4.78 is 44.5. The van der Waals surface area contributed by atoms with E-state index in [-0.39, 0.29) is 28.1 Å². The Morgan fingerprint density at radius 2 is 1.80 bits per heavy atom. The maximum atomic E-state index is 14.3. The van der Waals surface area contributed by atoms with Gasteiger partial charge in [-0.25, -0.2) is 15.0 Å². The van der Waals surface area contributed by atoms with Gasteiger partial charge in [-0.15, -0.1) is 0 Å². The lowest BCUT2D eigenvalue weighted by Crippen LogP contribution is -2.47. The number of rotatable bonds is 6. The highest BCUT2D eigenvalue weighted by molar-refractivity contribution is 9.10. The molecule has 1 N–H and O–H groups in total. The molecule has 0 bridgehead atoms. The number of Topliss-reactive ketones (excluding diaryl/α,β-unsaturated/α-hetero) is 1. The van der Waals surface area contributed by atoms with Crippen LogP contribution in [0.4, 0.5) is 19.0 Å². The summed E-state index contributed by atoms with van der Waals surface area (Å²) in [6.07, 6.45) is -0.882. The van der Waals surface area contributed by atoms with Crippen LogP contribution in [-0.4, -0.2) is 59.3 Å². The minimum atomic E-state index is -4.80. The van der Waals surface area contributed by atoms with Crippen molar-refractivity contribution in [2.45, 2.75) is 65.3 Å². The Morgan fingerprint density at radius 3 is 2.45 bits per heavy atom. The molecular weight excluding hydrogens is 643 g/mol. The number of carbonyl (C=O) groups excluding carboxylic acids is 3. The summed E-state index contributed by atoms with van der Waals surface area (Å²) >= 11 is 3.30. The van der Waals surface area contributed by atoms with Crippen LogP contribution in [0.2, 0.25) is 0 Å². The molecule has 0 radical (unpaired) electrons. The fourth-order valence-electron chi connectivity index (χ4n) is 6.04. The Bertz CT molecular complexity index is 1860. The molecule has 1 saturated heterocycles. The first-order valence-electron chi connectivity index (χ1n) is 13.8. The summed E-state index contributed by atoms with van der Waals surface area (Å²) in [5, 5.41) is 6.93. The van der Waals surface area contributed by atoms with E-state index in [0.29, 0.717) is 34.7 Å². The van der Waals surface area contributed by atoms with Crippen molar-refractivity contribution in [1.82, 2.24) is 29.6 Å². The molecule has 4 aromatic rings. The summed E-state index contributed by atoms with van der Waals surface area (Å²) in [5.74, 6) is -0.693. The van der Waals surface area contributed by atoms with Crippen LogP contribution < -0.4 is 5.32 Å². The van der Waals surface area contributed by atoms with Crippen molar-refractivity contribution < 1.29 is 27.6 Å². The minimum absolute atomic E-state index is 0.0427. The molecule has 10 nitrogen and oxygen atoms in total. The van der Waals surface area contributed by atoms with Gasteiger partial charge in [0.15, 0.2) is 5.78 Å².